The number of nitrogens with one attached hydrogen (secondary N) is 3. The third-order valence-corrected chi connectivity index (χ3v) is 9.33. The van der Waals surface area contributed by atoms with E-state index in [1.807, 2.05) is 57.3 Å². The lowest BCUT2D eigenvalue weighted by atomic mass is 9.86. The van der Waals surface area contributed by atoms with Crippen LogP contribution >= 0.6 is 0 Å². The van der Waals surface area contributed by atoms with Crippen LogP contribution in [0.1, 0.15) is 84.0 Å². The second kappa shape index (κ2) is 14.2. The molecule has 1 saturated carbocycles. The molecule has 9 nitrogen and oxygen atoms in total. The maximum atomic E-state index is 12.8. The van der Waals surface area contributed by atoms with Crippen LogP contribution in [0.25, 0.3) is 33.6 Å². The maximum absolute atomic E-state index is 12.8. The number of carbonyl (C=O) groups excluding carboxylic acids is 1. The number of rotatable bonds is 9. The Labute approximate surface area is 280 Å². The molecule has 4 aromatic rings. The minimum atomic E-state index is -0.176. The summed E-state index contributed by atoms with van der Waals surface area (Å²) in [6, 6.07) is 16.7. The van der Waals surface area contributed by atoms with E-state index in [-0.39, 0.29) is 29.3 Å². The van der Waals surface area contributed by atoms with Gasteiger partial charge in [0.05, 0.1) is 29.8 Å². The van der Waals surface area contributed by atoms with E-state index in [0.29, 0.717) is 5.92 Å². The average molecular weight is 637 g/mol. The second-order valence-corrected chi connectivity index (χ2v) is 14.6. The first-order chi connectivity index (χ1) is 22.3. The van der Waals surface area contributed by atoms with Gasteiger partial charge in [0.25, 0.3) is 0 Å². The van der Waals surface area contributed by atoms with Crippen LogP contribution in [0.2, 0.25) is 0 Å². The van der Waals surface area contributed by atoms with E-state index in [9.17, 15) is 4.79 Å². The van der Waals surface area contributed by atoms with Crippen molar-refractivity contribution in [3.05, 3.63) is 72.6 Å². The van der Waals surface area contributed by atoms with Crippen molar-refractivity contribution in [1.82, 2.24) is 35.1 Å². The predicted octanol–water partition coefficient (Wildman–Crippen LogP) is 7.70. The number of aromatic amines is 2. The summed E-state index contributed by atoms with van der Waals surface area (Å²) >= 11 is 0. The Morgan fingerprint density at radius 1 is 0.787 bits per heavy atom. The molecule has 1 aliphatic rings. The van der Waals surface area contributed by atoms with Crippen LogP contribution in [0.5, 0.6) is 0 Å². The van der Waals surface area contributed by atoms with Gasteiger partial charge in [0.2, 0.25) is 5.91 Å². The summed E-state index contributed by atoms with van der Waals surface area (Å²) in [7, 11) is 8.04. The fraction of sp³-hybridized carbons (Fsp3) is 0.474. The van der Waals surface area contributed by atoms with E-state index in [1.54, 1.807) is 0 Å². The third-order valence-electron chi connectivity index (χ3n) is 9.33. The van der Waals surface area contributed by atoms with Gasteiger partial charge in [0.1, 0.15) is 17.7 Å². The fourth-order valence-electron chi connectivity index (χ4n) is 6.51. The predicted molar refractivity (Wildman–Crippen MR) is 192 cm³/mol. The molecule has 2 heterocycles. The molecule has 9 heteroatoms. The number of benzene rings is 2. The Bertz CT molecular complexity index is 1640. The molecule has 3 unspecified atom stereocenters. The molecule has 0 saturated heterocycles. The van der Waals surface area contributed by atoms with Gasteiger partial charge in [0, 0.05) is 34.1 Å². The minimum absolute atomic E-state index is 0.0400. The first-order valence-corrected chi connectivity index (χ1v) is 16.9. The summed E-state index contributed by atoms with van der Waals surface area (Å²) in [6.45, 7) is 10.6. The molecule has 1 fully saturated rings. The van der Waals surface area contributed by atoms with E-state index in [0.717, 1.165) is 64.1 Å². The lowest BCUT2D eigenvalue weighted by Crippen LogP contribution is -2.37. The van der Waals surface area contributed by atoms with Gasteiger partial charge in [-0.1, -0.05) is 89.1 Å². The largest absolute Gasteiger partial charge is 0.349 e. The van der Waals surface area contributed by atoms with Crippen LogP contribution in [-0.4, -0.2) is 69.8 Å². The summed E-state index contributed by atoms with van der Waals surface area (Å²) in [5.74, 6) is 3.17. The molecule has 1 amide bonds. The average Bonchev–Trinajstić information content (AvgIpc) is 3.83. The molecular formula is C38H52N8O. The molecule has 3 N–H and O–H groups in total. The number of guanidine groups is 1. The van der Waals surface area contributed by atoms with Crippen LogP contribution in [0.4, 0.5) is 0 Å². The number of H-pyrrole nitrogens is 2. The smallest absolute Gasteiger partial charge is 0.223 e. The van der Waals surface area contributed by atoms with Gasteiger partial charge in [-0.3, -0.25) is 4.79 Å². The van der Waals surface area contributed by atoms with Crippen molar-refractivity contribution in [3.63, 3.8) is 0 Å². The highest BCUT2D eigenvalue weighted by Gasteiger charge is 2.30. The van der Waals surface area contributed by atoms with Gasteiger partial charge in [0.15, 0.2) is 5.96 Å². The van der Waals surface area contributed by atoms with Crippen molar-refractivity contribution in [2.75, 3.05) is 28.2 Å². The molecule has 5 rings (SSSR count). The third kappa shape index (κ3) is 7.95. The van der Waals surface area contributed by atoms with Crippen molar-refractivity contribution in [2.45, 2.75) is 72.4 Å². The highest BCUT2D eigenvalue weighted by Crippen LogP contribution is 2.36. The summed E-state index contributed by atoms with van der Waals surface area (Å²) in [5.41, 5.74) is 6.17. The van der Waals surface area contributed by atoms with Gasteiger partial charge in [-0.2, -0.15) is 0 Å². The van der Waals surface area contributed by atoms with Gasteiger partial charge in [-0.25, -0.2) is 15.0 Å². The SMILES string of the molecule is CC(NC(=O)C(C)C1CCCC1)c1ncc(-c2ccc(-c3ccc(-c4cnc(C(N=C(N(C)C)N(C)C)C(C)(C)C)[nH]4)cc3)cc2)[nH]1. The molecule has 0 bridgehead atoms. The Morgan fingerprint density at radius 3 is 1.70 bits per heavy atom. The van der Waals surface area contributed by atoms with Crippen molar-refractivity contribution >= 4 is 11.9 Å². The Kier molecular flexibility index (Phi) is 10.2. The van der Waals surface area contributed by atoms with Gasteiger partial charge >= 0.3 is 0 Å². The molecule has 250 valence electrons. The molecule has 47 heavy (non-hydrogen) atoms. The monoisotopic (exact) mass is 636 g/mol. The summed E-state index contributed by atoms with van der Waals surface area (Å²) < 4.78 is 0. The lowest BCUT2D eigenvalue weighted by molar-refractivity contribution is -0.126. The van der Waals surface area contributed by atoms with E-state index in [2.05, 4.69) is 96.5 Å². The normalized spacial score (nSPS) is 15.6. The zero-order valence-electron chi connectivity index (χ0n) is 29.6. The van der Waals surface area contributed by atoms with E-state index in [1.165, 1.54) is 12.8 Å². The van der Waals surface area contributed by atoms with Crippen molar-refractivity contribution in [2.24, 2.45) is 22.2 Å². The number of nitrogens with zero attached hydrogens (tertiary/aromatic N) is 5. The number of amides is 1. The number of carbonyl (C=O) groups is 1. The quantitative estimate of drug-likeness (QED) is 0.129. The molecule has 0 spiro atoms. The number of hydrogen-bond acceptors (Lipinski definition) is 4. The molecule has 3 atom stereocenters. The molecular weight excluding hydrogens is 584 g/mol. The number of hydrogen-bond donors (Lipinski definition) is 3. The van der Waals surface area contributed by atoms with Gasteiger partial charge in [-0.05, 0) is 53.4 Å². The van der Waals surface area contributed by atoms with Crippen LogP contribution in [0.15, 0.2) is 65.9 Å². The summed E-state index contributed by atoms with van der Waals surface area (Å²) in [6.07, 6.45) is 8.53. The van der Waals surface area contributed by atoms with E-state index >= 15 is 0 Å². The van der Waals surface area contributed by atoms with Crippen LogP contribution in [-0.2, 0) is 4.79 Å². The summed E-state index contributed by atoms with van der Waals surface area (Å²) in [4.78, 5) is 38.3. The lowest BCUT2D eigenvalue weighted by Gasteiger charge is -2.30. The second-order valence-electron chi connectivity index (χ2n) is 14.6. The van der Waals surface area contributed by atoms with Crippen molar-refractivity contribution in [3.8, 4) is 33.6 Å². The van der Waals surface area contributed by atoms with E-state index in [4.69, 9.17) is 9.98 Å². The number of imidazole rings is 2. The molecule has 0 aliphatic heterocycles. The fourth-order valence-corrected chi connectivity index (χ4v) is 6.51. The van der Waals surface area contributed by atoms with Gasteiger partial charge < -0.3 is 25.1 Å². The van der Waals surface area contributed by atoms with Crippen LogP contribution in [0.3, 0.4) is 0 Å². The molecule has 1 aliphatic carbocycles. The minimum Gasteiger partial charge on any atom is -0.349 e. The zero-order chi connectivity index (χ0) is 33.9. The molecule has 2 aromatic carbocycles. The molecule has 2 aromatic heterocycles. The number of aromatic nitrogens is 4. The van der Waals surface area contributed by atoms with Crippen molar-refractivity contribution < 1.29 is 4.79 Å². The van der Waals surface area contributed by atoms with Gasteiger partial charge in [-0.15, -0.1) is 0 Å². The van der Waals surface area contributed by atoms with E-state index < -0.39 is 0 Å². The Balaban J connectivity index is 1.25. The topological polar surface area (TPSA) is 105 Å². The Hall–Kier alpha value is -4.40. The zero-order valence-corrected chi connectivity index (χ0v) is 29.6. The number of aliphatic imine (C=N–C) groups is 1. The first kappa shape index (κ1) is 33.9. The van der Waals surface area contributed by atoms with Crippen LogP contribution in [0, 0.1) is 17.3 Å². The first-order valence-electron chi connectivity index (χ1n) is 16.9. The maximum Gasteiger partial charge on any atom is 0.223 e. The highest BCUT2D eigenvalue weighted by atomic mass is 16.1. The summed E-state index contributed by atoms with van der Waals surface area (Å²) in [5, 5.41) is 3.17. The molecule has 0 radical (unpaired) electrons. The van der Waals surface area contributed by atoms with Crippen molar-refractivity contribution in [1.29, 1.82) is 0 Å². The highest BCUT2D eigenvalue weighted by molar-refractivity contribution is 5.80. The standard InChI is InChI=1S/C38H52N8O/c1-24(26-12-10-11-13-26)36(47)41-25(2)34-39-22-31(42-34)29-18-14-27(15-19-29)28-16-20-30(21-17-28)32-23-40-35(43-32)33(38(3,4)5)44-37(45(6)7)46(8)9/h14-26,33H,10-13H2,1-9H3,(H,39,42)(H,40,43)(H,41,47). The van der Waals surface area contributed by atoms with Crippen LogP contribution < -0.4 is 5.32 Å². The Morgan fingerprint density at radius 2 is 1.23 bits per heavy atom.